The third-order valence-corrected chi connectivity index (χ3v) is 3.21. The van der Waals surface area contributed by atoms with Gasteiger partial charge in [-0.25, -0.2) is 10.2 Å². The fourth-order valence-corrected chi connectivity index (χ4v) is 2.03. The van der Waals surface area contributed by atoms with Crippen molar-refractivity contribution in [2.75, 3.05) is 11.9 Å². The highest BCUT2D eigenvalue weighted by Crippen LogP contribution is 2.14. The maximum absolute atomic E-state index is 11.7. The van der Waals surface area contributed by atoms with E-state index >= 15 is 0 Å². The predicted molar refractivity (Wildman–Crippen MR) is 97.3 cm³/mol. The number of hydrogen-bond donors (Lipinski definition) is 3. The summed E-state index contributed by atoms with van der Waals surface area (Å²) in [5.74, 6) is -0.562. The van der Waals surface area contributed by atoms with Crippen molar-refractivity contribution in [2.45, 2.75) is 0 Å². The molecular formula is C16H14ClN5O4. The number of anilines is 1. The monoisotopic (exact) mass is 375 g/mol. The van der Waals surface area contributed by atoms with Crippen LogP contribution in [0.2, 0.25) is 5.02 Å². The molecule has 0 aliphatic rings. The van der Waals surface area contributed by atoms with Crippen molar-refractivity contribution in [1.82, 2.24) is 10.7 Å². The molecular weight excluding hydrogens is 362 g/mol. The Morgan fingerprint density at radius 2 is 1.96 bits per heavy atom. The zero-order valence-corrected chi connectivity index (χ0v) is 14.1. The average molecular weight is 376 g/mol. The van der Waals surface area contributed by atoms with Crippen LogP contribution in [-0.4, -0.2) is 29.6 Å². The molecule has 10 heteroatoms. The molecule has 2 aromatic carbocycles. The van der Waals surface area contributed by atoms with Crippen LogP contribution in [0.3, 0.4) is 0 Å². The molecule has 3 N–H and O–H groups in total. The van der Waals surface area contributed by atoms with Crippen molar-refractivity contribution in [3.63, 3.8) is 0 Å². The molecule has 0 unspecified atom stereocenters. The Labute approximate surface area is 153 Å². The molecule has 0 spiro atoms. The van der Waals surface area contributed by atoms with E-state index in [2.05, 4.69) is 21.2 Å². The minimum absolute atomic E-state index is 0.0837. The van der Waals surface area contributed by atoms with Gasteiger partial charge in [0.15, 0.2) is 0 Å². The van der Waals surface area contributed by atoms with E-state index in [1.807, 2.05) is 0 Å². The van der Waals surface area contributed by atoms with Crippen LogP contribution in [0.25, 0.3) is 0 Å². The van der Waals surface area contributed by atoms with Gasteiger partial charge in [0.1, 0.15) is 6.54 Å². The predicted octanol–water partition coefficient (Wildman–Crippen LogP) is 2.52. The van der Waals surface area contributed by atoms with Crippen molar-refractivity contribution < 1.29 is 14.5 Å². The molecule has 9 nitrogen and oxygen atoms in total. The molecule has 26 heavy (non-hydrogen) atoms. The first kappa shape index (κ1) is 18.9. The summed E-state index contributed by atoms with van der Waals surface area (Å²) in [7, 11) is 0. The number of nitro benzene ring substituents is 1. The summed E-state index contributed by atoms with van der Waals surface area (Å²) in [6, 6.07) is 11.7. The lowest BCUT2D eigenvalue weighted by atomic mass is 10.2. The zero-order valence-electron chi connectivity index (χ0n) is 13.3. The number of nitrogens with zero attached hydrogens (tertiary/aromatic N) is 2. The molecule has 0 aliphatic heterocycles. The maximum Gasteiger partial charge on any atom is 0.319 e. The maximum atomic E-state index is 11.7. The molecule has 134 valence electrons. The number of amides is 3. The normalized spacial score (nSPS) is 10.3. The van der Waals surface area contributed by atoms with Crippen LogP contribution in [0, 0.1) is 10.1 Å². The molecule has 3 amide bonds. The standard InChI is InChI=1S/C16H14ClN5O4/c17-12-4-2-5-13(8-12)20-16(24)18-10-15(23)21-19-9-11-3-1-6-14(7-11)22(25)26/h1-9H,10H2,(H,21,23)(H2,18,20,24). The van der Waals surface area contributed by atoms with Crippen LogP contribution in [0.15, 0.2) is 53.6 Å². The average Bonchev–Trinajstić information content (AvgIpc) is 2.60. The van der Waals surface area contributed by atoms with Crippen molar-refractivity contribution in [2.24, 2.45) is 5.10 Å². The van der Waals surface area contributed by atoms with Gasteiger partial charge in [0.05, 0.1) is 11.1 Å². The van der Waals surface area contributed by atoms with Gasteiger partial charge >= 0.3 is 6.03 Å². The number of urea groups is 1. The first-order valence-corrected chi connectivity index (χ1v) is 7.68. The fourth-order valence-electron chi connectivity index (χ4n) is 1.84. The Balaban J connectivity index is 1.77. The Morgan fingerprint density at radius 1 is 1.19 bits per heavy atom. The summed E-state index contributed by atoms with van der Waals surface area (Å²) in [4.78, 5) is 33.4. The van der Waals surface area contributed by atoms with Gasteiger partial charge in [-0.15, -0.1) is 0 Å². The van der Waals surface area contributed by atoms with Gasteiger partial charge in [-0.1, -0.05) is 29.8 Å². The number of carbonyl (C=O) groups is 2. The topological polar surface area (TPSA) is 126 Å². The number of hydrazone groups is 1. The van der Waals surface area contributed by atoms with Gasteiger partial charge in [0.2, 0.25) is 0 Å². The zero-order chi connectivity index (χ0) is 18.9. The van der Waals surface area contributed by atoms with Crippen molar-refractivity contribution >= 4 is 41.1 Å². The van der Waals surface area contributed by atoms with Gasteiger partial charge in [-0.2, -0.15) is 5.10 Å². The Morgan fingerprint density at radius 3 is 2.69 bits per heavy atom. The smallest absolute Gasteiger partial charge is 0.319 e. The van der Waals surface area contributed by atoms with E-state index in [0.717, 1.165) is 0 Å². The summed E-state index contributed by atoms with van der Waals surface area (Å²) in [5, 5.41) is 19.7. The molecule has 0 radical (unpaired) electrons. The van der Waals surface area contributed by atoms with Crippen LogP contribution in [-0.2, 0) is 4.79 Å². The number of hydrogen-bond acceptors (Lipinski definition) is 5. The van der Waals surface area contributed by atoms with Gasteiger partial charge < -0.3 is 10.6 Å². The van der Waals surface area contributed by atoms with Gasteiger partial charge in [0.25, 0.3) is 11.6 Å². The third-order valence-electron chi connectivity index (χ3n) is 2.98. The lowest BCUT2D eigenvalue weighted by molar-refractivity contribution is -0.384. The van der Waals surface area contributed by atoms with Crippen LogP contribution in [0.1, 0.15) is 5.56 Å². The van der Waals surface area contributed by atoms with Crippen molar-refractivity contribution in [3.05, 3.63) is 69.2 Å². The summed E-state index contributed by atoms with van der Waals surface area (Å²) >= 11 is 5.80. The molecule has 0 fully saturated rings. The summed E-state index contributed by atoms with van der Waals surface area (Å²) in [5.41, 5.74) is 3.06. The van der Waals surface area contributed by atoms with Gasteiger partial charge in [0, 0.05) is 28.4 Å². The molecule has 2 aromatic rings. The summed E-state index contributed by atoms with van der Waals surface area (Å²) in [6.07, 6.45) is 1.26. The van der Waals surface area contributed by atoms with E-state index < -0.39 is 16.9 Å². The number of rotatable bonds is 6. The highest BCUT2D eigenvalue weighted by Gasteiger charge is 2.06. The Bertz CT molecular complexity index is 856. The first-order valence-electron chi connectivity index (χ1n) is 7.31. The largest absolute Gasteiger partial charge is 0.329 e. The summed E-state index contributed by atoms with van der Waals surface area (Å²) in [6.45, 7) is -0.307. The van der Waals surface area contributed by atoms with E-state index in [-0.39, 0.29) is 12.2 Å². The molecule has 0 aliphatic carbocycles. The molecule has 0 bridgehead atoms. The van der Waals surface area contributed by atoms with Crippen molar-refractivity contribution in [1.29, 1.82) is 0 Å². The van der Waals surface area contributed by atoms with Gasteiger partial charge in [-0.05, 0) is 18.2 Å². The Kier molecular flexibility index (Phi) is 6.63. The number of benzene rings is 2. The minimum Gasteiger partial charge on any atom is -0.329 e. The second kappa shape index (κ2) is 9.14. The molecule has 0 saturated carbocycles. The van der Waals surface area contributed by atoms with Gasteiger partial charge in [-0.3, -0.25) is 14.9 Å². The molecule has 2 rings (SSSR count). The first-order chi connectivity index (χ1) is 12.4. The minimum atomic E-state index is -0.579. The lowest BCUT2D eigenvalue weighted by Gasteiger charge is -2.07. The molecule has 0 atom stereocenters. The van der Waals surface area contributed by atoms with Crippen LogP contribution >= 0.6 is 11.6 Å². The number of halogens is 1. The number of nitro groups is 1. The second-order valence-electron chi connectivity index (χ2n) is 4.96. The van der Waals surface area contributed by atoms with Crippen molar-refractivity contribution in [3.8, 4) is 0 Å². The Hall–Kier alpha value is -3.46. The van der Waals surface area contributed by atoms with Crippen LogP contribution in [0.5, 0.6) is 0 Å². The van der Waals surface area contributed by atoms with E-state index in [4.69, 9.17) is 11.6 Å². The number of carbonyl (C=O) groups excluding carboxylic acids is 2. The van der Waals surface area contributed by atoms with E-state index in [0.29, 0.717) is 16.3 Å². The lowest BCUT2D eigenvalue weighted by Crippen LogP contribution is -2.37. The highest BCUT2D eigenvalue weighted by atomic mass is 35.5. The number of non-ortho nitro benzene ring substituents is 1. The van der Waals surface area contributed by atoms with E-state index in [1.165, 1.54) is 24.4 Å². The van der Waals surface area contributed by atoms with Crippen LogP contribution < -0.4 is 16.1 Å². The quantitative estimate of drug-likeness (QED) is 0.407. The third kappa shape index (κ3) is 6.21. The van der Waals surface area contributed by atoms with Crippen LogP contribution in [0.4, 0.5) is 16.2 Å². The highest BCUT2D eigenvalue weighted by molar-refractivity contribution is 6.30. The molecule has 0 heterocycles. The molecule has 0 saturated heterocycles. The SMILES string of the molecule is O=C(CNC(=O)Nc1cccc(Cl)c1)NN=Cc1cccc([N+](=O)[O-])c1. The fraction of sp³-hybridized carbons (Fsp3) is 0.0625. The number of nitrogens with one attached hydrogen (secondary N) is 3. The van der Waals surface area contributed by atoms with E-state index in [1.54, 1.807) is 30.3 Å². The van der Waals surface area contributed by atoms with E-state index in [9.17, 15) is 19.7 Å². The summed E-state index contributed by atoms with van der Waals surface area (Å²) < 4.78 is 0. The molecule has 0 aromatic heterocycles. The second-order valence-corrected chi connectivity index (χ2v) is 5.40.